The number of anilines is 1. The Morgan fingerprint density at radius 1 is 1.13 bits per heavy atom. The fourth-order valence-corrected chi connectivity index (χ4v) is 3.74. The topological polar surface area (TPSA) is 78.8 Å². The van der Waals surface area contributed by atoms with Crippen LogP contribution in [0.2, 0.25) is 0 Å². The highest BCUT2D eigenvalue weighted by Gasteiger charge is 2.12. The van der Waals surface area contributed by atoms with Crippen molar-refractivity contribution in [3.63, 3.8) is 0 Å². The molecule has 0 aliphatic carbocycles. The van der Waals surface area contributed by atoms with Crippen molar-refractivity contribution in [1.82, 2.24) is 14.8 Å². The van der Waals surface area contributed by atoms with Gasteiger partial charge in [0.15, 0.2) is 0 Å². The van der Waals surface area contributed by atoms with Crippen LogP contribution in [-0.4, -0.2) is 60.0 Å². The average Bonchev–Trinajstić information content (AvgIpc) is 3.19. The molecule has 1 fully saturated rings. The first kappa shape index (κ1) is 21.3. The van der Waals surface area contributed by atoms with Crippen molar-refractivity contribution < 1.29 is 19.0 Å². The predicted octanol–water partition coefficient (Wildman–Crippen LogP) is 2.97. The first-order valence-corrected chi connectivity index (χ1v) is 10.5. The summed E-state index contributed by atoms with van der Waals surface area (Å²) < 4.78 is 20.9. The van der Waals surface area contributed by atoms with E-state index in [1.54, 1.807) is 6.07 Å². The third-order valence-electron chi connectivity index (χ3n) is 5.48. The van der Waals surface area contributed by atoms with Crippen molar-refractivity contribution in [2.75, 3.05) is 44.7 Å². The van der Waals surface area contributed by atoms with Crippen LogP contribution in [0.1, 0.15) is 11.7 Å². The van der Waals surface area contributed by atoms with Crippen molar-refractivity contribution in [2.24, 2.45) is 0 Å². The van der Waals surface area contributed by atoms with Gasteiger partial charge in [0.2, 0.25) is 0 Å². The van der Waals surface area contributed by atoms with Crippen LogP contribution in [0.15, 0.2) is 54.7 Å². The zero-order valence-corrected chi connectivity index (χ0v) is 17.3. The van der Waals surface area contributed by atoms with Gasteiger partial charge in [-0.1, -0.05) is 12.1 Å². The van der Waals surface area contributed by atoms with E-state index in [0.29, 0.717) is 11.3 Å². The molecular formula is C23H27FN4O3. The number of hydrogen-bond acceptors (Lipinski definition) is 4. The second kappa shape index (κ2) is 9.91. The minimum atomic E-state index is -0.982. The molecular weight excluding hydrogens is 399 g/mol. The van der Waals surface area contributed by atoms with Crippen LogP contribution in [0, 0.1) is 5.82 Å². The summed E-state index contributed by atoms with van der Waals surface area (Å²) in [5, 5.41) is 16.6. The van der Waals surface area contributed by atoms with Crippen LogP contribution in [0.25, 0.3) is 10.9 Å². The van der Waals surface area contributed by atoms with Gasteiger partial charge in [-0.15, -0.1) is 0 Å². The number of hydrogen-bond donors (Lipinski definition) is 3. The second-order valence-electron chi connectivity index (χ2n) is 7.64. The maximum atomic E-state index is 13.3. The molecule has 0 spiro atoms. The van der Waals surface area contributed by atoms with Gasteiger partial charge >= 0.3 is 6.03 Å². The fourth-order valence-electron chi connectivity index (χ4n) is 3.74. The molecule has 7 nitrogen and oxygen atoms in total. The number of nitrogens with zero attached hydrogens (tertiary/aromatic N) is 2. The smallest absolute Gasteiger partial charge is 0.319 e. The summed E-state index contributed by atoms with van der Waals surface area (Å²) in [6.07, 6.45) is 1.08. The molecule has 1 atom stereocenters. The molecule has 0 radical (unpaired) electrons. The molecule has 4 rings (SSSR count). The Hall–Kier alpha value is -2.94. The number of ether oxygens (including phenoxy) is 1. The number of aromatic nitrogens is 1. The highest BCUT2D eigenvalue weighted by atomic mass is 19.1. The molecule has 1 saturated heterocycles. The van der Waals surface area contributed by atoms with Crippen molar-refractivity contribution in [3.8, 4) is 0 Å². The molecule has 3 aromatic rings. The van der Waals surface area contributed by atoms with Gasteiger partial charge in [-0.3, -0.25) is 4.90 Å². The van der Waals surface area contributed by atoms with Crippen LogP contribution < -0.4 is 10.6 Å². The minimum Gasteiger partial charge on any atom is -0.387 e. The summed E-state index contributed by atoms with van der Waals surface area (Å²) in [7, 11) is 0. The first-order valence-electron chi connectivity index (χ1n) is 10.5. The van der Waals surface area contributed by atoms with Crippen LogP contribution in [-0.2, 0) is 11.3 Å². The molecule has 1 unspecified atom stereocenters. The van der Waals surface area contributed by atoms with E-state index < -0.39 is 18.0 Å². The quantitative estimate of drug-likeness (QED) is 0.543. The van der Waals surface area contributed by atoms with E-state index in [0.717, 1.165) is 50.3 Å². The lowest BCUT2D eigenvalue weighted by Crippen LogP contribution is -2.38. The van der Waals surface area contributed by atoms with Crippen LogP contribution in [0.5, 0.6) is 0 Å². The molecule has 2 aromatic carbocycles. The lowest BCUT2D eigenvalue weighted by atomic mass is 10.1. The monoisotopic (exact) mass is 426 g/mol. The standard InChI is InChI=1S/C23H27FN4O3/c24-19-3-1-2-18(14-19)22(29)16-25-23(30)26-20-4-5-21-17(15-20)6-7-28(21)9-8-27-10-12-31-13-11-27/h1-7,14-15,22,29H,8-13,16H2,(H2,25,26,30). The Balaban J connectivity index is 1.30. The number of urea groups is 1. The maximum absolute atomic E-state index is 13.3. The van der Waals surface area contributed by atoms with E-state index in [4.69, 9.17) is 4.74 Å². The highest BCUT2D eigenvalue weighted by molar-refractivity contribution is 5.93. The van der Waals surface area contributed by atoms with E-state index >= 15 is 0 Å². The Morgan fingerprint density at radius 3 is 2.77 bits per heavy atom. The molecule has 3 N–H and O–H groups in total. The average molecular weight is 426 g/mol. The number of halogens is 1. The number of morpholine rings is 1. The number of aliphatic hydroxyl groups is 1. The molecule has 31 heavy (non-hydrogen) atoms. The van der Waals surface area contributed by atoms with Gasteiger partial charge in [-0.2, -0.15) is 0 Å². The van der Waals surface area contributed by atoms with Crippen molar-refractivity contribution in [2.45, 2.75) is 12.6 Å². The van der Waals surface area contributed by atoms with E-state index in [1.807, 2.05) is 24.3 Å². The first-order chi connectivity index (χ1) is 15.1. The minimum absolute atomic E-state index is 0.0184. The van der Waals surface area contributed by atoms with Gasteiger partial charge in [0.05, 0.1) is 19.3 Å². The summed E-state index contributed by atoms with van der Waals surface area (Å²) in [6.45, 7) is 5.38. The SMILES string of the molecule is O=C(NCC(O)c1cccc(F)c1)Nc1ccc2c(ccn2CCN2CCOCC2)c1. The lowest BCUT2D eigenvalue weighted by Gasteiger charge is -2.26. The molecule has 8 heteroatoms. The summed E-state index contributed by atoms with van der Waals surface area (Å²) in [4.78, 5) is 14.6. The van der Waals surface area contributed by atoms with E-state index in [9.17, 15) is 14.3 Å². The number of fused-ring (bicyclic) bond motifs is 1. The van der Waals surface area contributed by atoms with Crippen LogP contribution in [0.4, 0.5) is 14.9 Å². The number of amides is 2. The summed E-state index contributed by atoms with van der Waals surface area (Å²) in [5.41, 5.74) is 2.19. The molecule has 2 amide bonds. The number of benzene rings is 2. The third-order valence-corrected chi connectivity index (χ3v) is 5.48. The molecule has 1 aliphatic rings. The van der Waals surface area contributed by atoms with Crippen LogP contribution in [0.3, 0.4) is 0 Å². The number of rotatable bonds is 7. The fraction of sp³-hybridized carbons (Fsp3) is 0.348. The zero-order valence-electron chi connectivity index (χ0n) is 17.3. The summed E-state index contributed by atoms with van der Waals surface area (Å²) in [6, 6.07) is 13.1. The summed E-state index contributed by atoms with van der Waals surface area (Å²) >= 11 is 0. The van der Waals surface area contributed by atoms with Crippen molar-refractivity contribution in [1.29, 1.82) is 0 Å². The summed E-state index contributed by atoms with van der Waals surface area (Å²) in [5.74, 6) is -0.425. The van der Waals surface area contributed by atoms with Crippen molar-refractivity contribution in [3.05, 3.63) is 66.1 Å². The molecule has 0 saturated carbocycles. The zero-order chi connectivity index (χ0) is 21.6. The molecule has 164 valence electrons. The normalized spacial score (nSPS) is 15.7. The Morgan fingerprint density at radius 2 is 1.97 bits per heavy atom. The predicted molar refractivity (Wildman–Crippen MR) is 118 cm³/mol. The van der Waals surface area contributed by atoms with Gasteiger partial charge in [0.1, 0.15) is 5.82 Å². The van der Waals surface area contributed by atoms with Gasteiger partial charge in [0, 0.05) is 55.5 Å². The second-order valence-corrected chi connectivity index (χ2v) is 7.64. The lowest BCUT2D eigenvalue weighted by molar-refractivity contribution is 0.0365. The van der Waals surface area contributed by atoms with Crippen molar-refractivity contribution >= 4 is 22.6 Å². The largest absolute Gasteiger partial charge is 0.387 e. The van der Waals surface area contributed by atoms with E-state index in [1.165, 1.54) is 18.2 Å². The van der Waals surface area contributed by atoms with Gasteiger partial charge in [-0.25, -0.2) is 9.18 Å². The van der Waals surface area contributed by atoms with Gasteiger partial charge < -0.3 is 25.0 Å². The highest BCUT2D eigenvalue weighted by Crippen LogP contribution is 2.21. The van der Waals surface area contributed by atoms with Gasteiger partial charge in [0.25, 0.3) is 0 Å². The third kappa shape index (κ3) is 5.61. The maximum Gasteiger partial charge on any atom is 0.319 e. The van der Waals surface area contributed by atoms with Gasteiger partial charge in [-0.05, 0) is 42.0 Å². The van der Waals surface area contributed by atoms with E-state index in [-0.39, 0.29) is 6.54 Å². The Labute approximate surface area is 180 Å². The number of carbonyl (C=O) groups excluding carboxylic acids is 1. The molecule has 1 aliphatic heterocycles. The Kier molecular flexibility index (Phi) is 6.81. The Bertz CT molecular complexity index is 1030. The van der Waals surface area contributed by atoms with Crippen LogP contribution >= 0.6 is 0 Å². The number of carbonyl (C=O) groups is 1. The molecule has 1 aromatic heterocycles. The number of aliphatic hydroxyl groups excluding tert-OH is 1. The number of nitrogens with one attached hydrogen (secondary N) is 2. The van der Waals surface area contributed by atoms with E-state index in [2.05, 4.69) is 26.3 Å². The molecule has 0 bridgehead atoms. The molecule has 2 heterocycles.